The van der Waals surface area contributed by atoms with Gasteiger partial charge in [-0.1, -0.05) is 12.1 Å². The van der Waals surface area contributed by atoms with E-state index in [0.29, 0.717) is 0 Å². The van der Waals surface area contributed by atoms with Gasteiger partial charge in [0, 0.05) is 41.1 Å². The van der Waals surface area contributed by atoms with E-state index < -0.39 is 10.8 Å². The number of ether oxygens (including phenoxy) is 1. The molecule has 2 aromatic rings. The fourth-order valence-corrected chi connectivity index (χ4v) is 3.25. The van der Waals surface area contributed by atoms with Gasteiger partial charge >= 0.3 is 0 Å². The maximum absolute atomic E-state index is 11.5. The molecule has 0 unspecified atom stereocenters. The van der Waals surface area contributed by atoms with Crippen molar-refractivity contribution in [2.24, 2.45) is 0 Å². The number of anilines is 2. The number of morpholine rings is 1. The van der Waals surface area contributed by atoms with Crippen LogP contribution < -0.4 is 10.2 Å². The Bertz CT molecular complexity index is 682. The van der Waals surface area contributed by atoms with Crippen molar-refractivity contribution in [1.82, 2.24) is 4.98 Å². The first-order valence-corrected chi connectivity index (χ1v) is 9.68. The topological polar surface area (TPSA) is 54.5 Å². The second-order valence-electron chi connectivity index (χ2n) is 5.89. The molecule has 1 saturated heterocycles. The number of pyridine rings is 1. The quantitative estimate of drug-likeness (QED) is 0.903. The summed E-state index contributed by atoms with van der Waals surface area (Å²) in [4.78, 5) is 7.65. The Labute approximate surface area is 145 Å². The molecule has 0 amide bonds. The van der Waals surface area contributed by atoms with Crippen molar-refractivity contribution < 1.29 is 8.95 Å². The number of benzene rings is 1. The molecule has 1 fully saturated rings. The SMILES string of the molecule is C[C@H](Nc1ccc(N2CCOCC2)cn1)c1ccc([S@](C)=O)cc1. The van der Waals surface area contributed by atoms with Crippen LogP contribution in [-0.4, -0.2) is 41.8 Å². The summed E-state index contributed by atoms with van der Waals surface area (Å²) in [6, 6.07) is 12.1. The summed E-state index contributed by atoms with van der Waals surface area (Å²) in [5.74, 6) is 0.850. The zero-order valence-corrected chi connectivity index (χ0v) is 14.9. The number of nitrogens with zero attached hydrogens (tertiary/aromatic N) is 2. The molecule has 0 saturated carbocycles. The predicted molar refractivity (Wildman–Crippen MR) is 98.1 cm³/mol. The van der Waals surface area contributed by atoms with E-state index in [-0.39, 0.29) is 6.04 Å². The second kappa shape index (κ2) is 7.77. The van der Waals surface area contributed by atoms with Gasteiger partial charge in [0.2, 0.25) is 0 Å². The van der Waals surface area contributed by atoms with E-state index in [2.05, 4.69) is 28.2 Å². The largest absolute Gasteiger partial charge is 0.378 e. The number of hydrogen-bond acceptors (Lipinski definition) is 5. The van der Waals surface area contributed by atoms with Gasteiger partial charge in [-0.25, -0.2) is 4.98 Å². The third kappa shape index (κ3) is 4.13. The Morgan fingerprint density at radius 2 is 1.88 bits per heavy atom. The Kier molecular flexibility index (Phi) is 5.48. The molecule has 6 heteroatoms. The van der Waals surface area contributed by atoms with Crippen LogP contribution in [0, 0.1) is 0 Å². The van der Waals surface area contributed by atoms with Gasteiger partial charge in [0.15, 0.2) is 0 Å². The van der Waals surface area contributed by atoms with Crippen LogP contribution in [0.4, 0.5) is 11.5 Å². The summed E-state index contributed by atoms with van der Waals surface area (Å²) in [6.45, 7) is 5.46. The van der Waals surface area contributed by atoms with Gasteiger partial charge in [-0.2, -0.15) is 0 Å². The molecule has 0 bridgehead atoms. The first-order chi connectivity index (χ1) is 11.6. The average Bonchev–Trinajstić information content (AvgIpc) is 2.63. The predicted octanol–water partition coefficient (Wildman–Crippen LogP) is 2.83. The van der Waals surface area contributed by atoms with Crippen LogP contribution in [-0.2, 0) is 15.5 Å². The molecule has 3 rings (SSSR count). The minimum Gasteiger partial charge on any atom is -0.378 e. The van der Waals surface area contributed by atoms with Crippen molar-refractivity contribution in [3.63, 3.8) is 0 Å². The Morgan fingerprint density at radius 1 is 1.17 bits per heavy atom. The fraction of sp³-hybridized carbons (Fsp3) is 0.389. The molecule has 2 atom stereocenters. The van der Waals surface area contributed by atoms with Crippen molar-refractivity contribution in [2.75, 3.05) is 42.8 Å². The Hall–Kier alpha value is -1.92. The monoisotopic (exact) mass is 345 g/mol. The molecule has 2 heterocycles. The number of hydrogen-bond donors (Lipinski definition) is 1. The highest BCUT2D eigenvalue weighted by molar-refractivity contribution is 7.84. The van der Waals surface area contributed by atoms with E-state index in [1.165, 1.54) is 0 Å². The number of rotatable bonds is 5. The number of aromatic nitrogens is 1. The molecule has 1 aromatic heterocycles. The zero-order chi connectivity index (χ0) is 16.9. The normalized spacial score (nSPS) is 17.3. The maximum atomic E-state index is 11.5. The maximum Gasteiger partial charge on any atom is 0.126 e. The molecule has 1 aromatic carbocycles. The molecular weight excluding hydrogens is 322 g/mol. The average molecular weight is 345 g/mol. The standard InChI is InChI=1S/C18H23N3O2S/c1-14(15-3-6-17(7-4-15)24(2)22)20-18-8-5-16(13-19-18)21-9-11-23-12-10-21/h3-8,13-14H,9-12H2,1-2H3,(H,19,20)/t14-,24-/m0/s1. The number of nitrogens with one attached hydrogen (secondary N) is 1. The van der Waals surface area contributed by atoms with E-state index in [4.69, 9.17) is 4.74 Å². The third-order valence-electron chi connectivity index (χ3n) is 4.20. The minimum absolute atomic E-state index is 0.131. The molecule has 5 nitrogen and oxygen atoms in total. The summed E-state index contributed by atoms with van der Waals surface area (Å²) in [7, 11) is -0.940. The molecule has 1 N–H and O–H groups in total. The molecule has 0 aliphatic carbocycles. The summed E-state index contributed by atoms with van der Waals surface area (Å²) >= 11 is 0. The van der Waals surface area contributed by atoms with Gasteiger partial charge < -0.3 is 15.0 Å². The van der Waals surface area contributed by atoms with Crippen LogP contribution in [0.1, 0.15) is 18.5 Å². The van der Waals surface area contributed by atoms with Gasteiger partial charge in [-0.15, -0.1) is 0 Å². The molecule has 1 aliphatic rings. The van der Waals surface area contributed by atoms with Crippen LogP contribution in [0.3, 0.4) is 0 Å². The van der Waals surface area contributed by atoms with Crippen LogP contribution in [0.5, 0.6) is 0 Å². The lowest BCUT2D eigenvalue weighted by molar-refractivity contribution is 0.122. The lowest BCUT2D eigenvalue weighted by atomic mass is 10.1. The van der Waals surface area contributed by atoms with Gasteiger partial charge in [-0.3, -0.25) is 4.21 Å². The van der Waals surface area contributed by atoms with Crippen molar-refractivity contribution in [1.29, 1.82) is 0 Å². The fourth-order valence-electron chi connectivity index (χ4n) is 2.73. The lowest BCUT2D eigenvalue weighted by Crippen LogP contribution is -2.36. The van der Waals surface area contributed by atoms with Crippen molar-refractivity contribution >= 4 is 22.3 Å². The van der Waals surface area contributed by atoms with E-state index >= 15 is 0 Å². The molecular formula is C18H23N3O2S. The van der Waals surface area contributed by atoms with Gasteiger partial charge in [0.1, 0.15) is 5.82 Å². The molecule has 128 valence electrons. The molecule has 0 radical (unpaired) electrons. The van der Waals surface area contributed by atoms with E-state index in [0.717, 1.165) is 48.3 Å². The lowest BCUT2D eigenvalue weighted by Gasteiger charge is -2.28. The first kappa shape index (κ1) is 16.9. The van der Waals surface area contributed by atoms with Gasteiger partial charge in [-0.05, 0) is 36.8 Å². The van der Waals surface area contributed by atoms with Gasteiger partial charge in [0.25, 0.3) is 0 Å². The Morgan fingerprint density at radius 3 is 2.46 bits per heavy atom. The molecule has 1 aliphatic heterocycles. The first-order valence-electron chi connectivity index (χ1n) is 8.12. The van der Waals surface area contributed by atoms with E-state index in [1.54, 1.807) is 6.26 Å². The van der Waals surface area contributed by atoms with Crippen LogP contribution in [0.25, 0.3) is 0 Å². The van der Waals surface area contributed by atoms with Crippen molar-refractivity contribution in [3.05, 3.63) is 48.2 Å². The van der Waals surface area contributed by atoms with E-state index in [1.807, 2.05) is 36.5 Å². The van der Waals surface area contributed by atoms with Crippen LogP contribution in [0.2, 0.25) is 0 Å². The summed E-state index contributed by atoms with van der Waals surface area (Å²) in [5, 5.41) is 3.41. The summed E-state index contributed by atoms with van der Waals surface area (Å²) in [6.07, 6.45) is 3.60. The third-order valence-corrected chi connectivity index (χ3v) is 5.14. The van der Waals surface area contributed by atoms with Crippen molar-refractivity contribution in [3.8, 4) is 0 Å². The zero-order valence-electron chi connectivity index (χ0n) is 14.1. The van der Waals surface area contributed by atoms with E-state index in [9.17, 15) is 4.21 Å². The minimum atomic E-state index is -0.940. The highest BCUT2D eigenvalue weighted by Gasteiger charge is 2.12. The van der Waals surface area contributed by atoms with Crippen LogP contribution >= 0.6 is 0 Å². The Balaban J connectivity index is 1.63. The smallest absolute Gasteiger partial charge is 0.126 e. The summed E-state index contributed by atoms with van der Waals surface area (Å²) in [5.41, 5.74) is 2.27. The highest BCUT2D eigenvalue weighted by atomic mass is 32.2. The second-order valence-corrected chi connectivity index (χ2v) is 7.27. The highest BCUT2D eigenvalue weighted by Crippen LogP contribution is 2.21. The molecule has 0 spiro atoms. The van der Waals surface area contributed by atoms with Gasteiger partial charge in [0.05, 0.1) is 25.1 Å². The molecule has 24 heavy (non-hydrogen) atoms. The van der Waals surface area contributed by atoms with Crippen molar-refractivity contribution in [2.45, 2.75) is 17.9 Å². The summed E-state index contributed by atoms with van der Waals surface area (Å²) < 4.78 is 16.8. The van der Waals surface area contributed by atoms with Crippen LogP contribution in [0.15, 0.2) is 47.5 Å².